The highest BCUT2D eigenvalue weighted by atomic mass is 16.2. The number of nitrogens with zero attached hydrogens (tertiary/aromatic N) is 6. The Morgan fingerprint density at radius 2 is 1.76 bits per heavy atom. The molecule has 0 saturated carbocycles. The van der Waals surface area contributed by atoms with Crippen molar-refractivity contribution in [2.24, 2.45) is 7.05 Å². The third-order valence-electron chi connectivity index (χ3n) is 6.24. The Balaban J connectivity index is 1.27. The third-order valence-corrected chi connectivity index (χ3v) is 6.24. The zero-order chi connectivity index (χ0) is 22.8. The Morgan fingerprint density at radius 3 is 2.42 bits per heavy atom. The molecule has 1 saturated heterocycles. The fourth-order valence-electron chi connectivity index (χ4n) is 4.44. The minimum Gasteiger partial charge on any atom is -0.339 e. The van der Waals surface area contributed by atoms with Crippen molar-refractivity contribution in [1.82, 2.24) is 28.8 Å². The SMILES string of the molecule is Cn1nc(C2CCN(C(=O)c3ccc(Cn4ccnc4)cc3)CC2)n(-c2ccccc2)c1=O. The fourth-order valence-corrected chi connectivity index (χ4v) is 4.44. The van der Waals surface area contributed by atoms with E-state index in [1.165, 1.54) is 4.68 Å². The molecule has 4 aromatic rings. The molecule has 8 heteroatoms. The predicted octanol–water partition coefficient (Wildman–Crippen LogP) is 2.84. The number of aromatic nitrogens is 5. The number of aryl methyl sites for hydroxylation is 1. The van der Waals surface area contributed by atoms with Gasteiger partial charge < -0.3 is 9.47 Å². The second-order valence-electron chi connectivity index (χ2n) is 8.43. The molecule has 0 unspecified atom stereocenters. The molecule has 3 heterocycles. The van der Waals surface area contributed by atoms with Crippen LogP contribution in [0.2, 0.25) is 0 Å². The first-order chi connectivity index (χ1) is 16.1. The molecule has 0 radical (unpaired) electrons. The van der Waals surface area contributed by atoms with Crippen molar-refractivity contribution in [2.45, 2.75) is 25.3 Å². The van der Waals surface area contributed by atoms with E-state index in [1.54, 1.807) is 24.1 Å². The molecule has 2 aromatic heterocycles. The number of para-hydroxylation sites is 1. The summed E-state index contributed by atoms with van der Waals surface area (Å²) in [7, 11) is 1.68. The summed E-state index contributed by atoms with van der Waals surface area (Å²) in [4.78, 5) is 31.7. The van der Waals surface area contributed by atoms with Crippen LogP contribution >= 0.6 is 0 Å². The Bertz CT molecular complexity index is 1280. The van der Waals surface area contributed by atoms with E-state index in [1.807, 2.05) is 70.3 Å². The summed E-state index contributed by atoms with van der Waals surface area (Å²) in [6, 6.07) is 17.4. The van der Waals surface area contributed by atoms with Gasteiger partial charge in [0.25, 0.3) is 5.91 Å². The largest absolute Gasteiger partial charge is 0.350 e. The summed E-state index contributed by atoms with van der Waals surface area (Å²) in [5, 5.41) is 4.54. The van der Waals surface area contributed by atoms with Crippen molar-refractivity contribution in [3.05, 3.63) is 101 Å². The molecule has 1 fully saturated rings. The Kier molecular flexibility index (Phi) is 5.64. The number of rotatable bonds is 5. The number of carbonyl (C=O) groups excluding carboxylic acids is 1. The molecule has 0 N–H and O–H groups in total. The maximum absolute atomic E-state index is 13.1. The van der Waals surface area contributed by atoms with Gasteiger partial charge >= 0.3 is 5.69 Å². The molecule has 168 valence electrons. The lowest BCUT2D eigenvalue weighted by atomic mass is 9.95. The van der Waals surface area contributed by atoms with Crippen molar-refractivity contribution in [2.75, 3.05) is 13.1 Å². The summed E-state index contributed by atoms with van der Waals surface area (Å²) in [6.07, 6.45) is 7.00. The number of amides is 1. The summed E-state index contributed by atoms with van der Waals surface area (Å²) in [5.74, 6) is 0.939. The molecule has 5 rings (SSSR count). The van der Waals surface area contributed by atoms with Gasteiger partial charge in [-0.2, -0.15) is 5.10 Å². The Morgan fingerprint density at radius 1 is 1.03 bits per heavy atom. The average Bonchev–Trinajstić information content (AvgIpc) is 3.47. The van der Waals surface area contributed by atoms with Crippen LogP contribution in [0, 0.1) is 0 Å². The van der Waals surface area contributed by atoms with Gasteiger partial charge in [-0.15, -0.1) is 0 Å². The first kappa shape index (κ1) is 20.9. The quantitative estimate of drug-likeness (QED) is 0.476. The Labute approximate surface area is 191 Å². The fraction of sp³-hybridized carbons (Fsp3) is 0.280. The lowest BCUT2D eigenvalue weighted by Gasteiger charge is -2.31. The van der Waals surface area contributed by atoms with Crippen LogP contribution in [0.4, 0.5) is 0 Å². The topological polar surface area (TPSA) is 78.0 Å². The summed E-state index contributed by atoms with van der Waals surface area (Å²) >= 11 is 0. The van der Waals surface area contributed by atoms with Crippen LogP contribution in [0.1, 0.15) is 40.5 Å². The standard InChI is InChI=1S/C25H26N6O2/c1-28-25(33)31(22-5-3-2-4-6-22)23(27-28)20-11-14-30(15-12-20)24(32)21-9-7-19(8-10-21)17-29-16-13-26-18-29/h2-10,13,16,18,20H,11-12,14-15,17H2,1H3. The van der Waals surface area contributed by atoms with Gasteiger partial charge in [0.1, 0.15) is 5.82 Å². The number of piperidine rings is 1. The monoisotopic (exact) mass is 442 g/mol. The van der Waals surface area contributed by atoms with E-state index in [-0.39, 0.29) is 17.5 Å². The maximum Gasteiger partial charge on any atom is 0.350 e. The van der Waals surface area contributed by atoms with Gasteiger partial charge in [-0.1, -0.05) is 30.3 Å². The van der Waals surface area contributed by atoms with Gasteiger partial charge in [0.2, 0.25) is 0 Å². The van der Waals surface area contributed by atoms with Gasteiger partial charge in [-0.3, -0.25) is 4.79 Å². The molecule has 0 bridgehead atoms. The van der Waals surface area contributed by atoms with Crippen LogP contribution in [-0.4, -0.2) is 47.8 Å². The minimum absolute atomic E-state index is 0.0455. The summed E-state index contributed by atoms with van der Waals surface area (Å²) < 4.78 is 5.08. The normalized spacial score (nSPS) is 14.5. The second kappa shape index (κ2) is 8.90. The molecule has 33 heavy (non-hydrogen) atoms. The summed E-state index contributed by atoms with van der Waals surface area (Å²) in [5.41, 5.74) is 2.49. The van der Waals surface area contributed by atoms with E-state index in [4.69, 9.17) is 0 Å². The molecule has 1 amide bonds. The smallest absolute Gasteiger partial charge is 0.339 e. The van der Waals surface area contributed by atoms with E-state index in [9.17, 15) is 9.59 Å². The van der Waals surface area contributed by atoms with E-state index < -0.39 is 0 Å². The molecular weight excluding hydrogens is 416 g/mol. The first-order valence-electron chi connectivity index (χ1n) is 11.2. The first-order valence-corrected chi connectivity index (χ1v) is 11.2. The number of likely N-dealkylation sites (tertiary alicyclic amines) is 1. The van der Waals surface area contributed by atoms with Crippen LogP contribution < -0.4 is 5.69 Å². The summed E-state index contributed by atoms with van der Waals surface area (Å²) in [6.45, 7) is 2.01. The van der Waals surface area contributed by atoms with Crippen molar-refractivity contribution in [3.63, 3.8) is 0 Å². The maximum atomic E-state index is 13.1. The minimum atomic E-state index is -0.148. The highest BCUT2D eigenvalue weighted by molar-refractivity contribution is 5.94. The van der Waals surface area contributed by atoms with Crippen molar-refractivity contribution < 1.29 is 4.79 Å². The average molecular weight is 443 g/mol. The van der Waals surface area contributed by atoms with Crippen LogP contribution in [0.3, 0.4) is 0 Å². The number of carbonyl (C=O) groups is 1. The predicted molar refractivity (Wildman–Crippen MR) is 124 cm³/mol. The van der Waals surface area contributed by atoms with Crippen LogP contribution in [0.5, 0.6) is 0 Å². The zero-order valence-corrected chi connectivity index (χ0v) is 18.5. The molecule has 2 aromatic carbocycles. The van der Waals surface area contributed by atoms with E-state index in [0.717, 1.165) is 36.5 Å². The Hall–Kier alpha value is -3.94. The number of benzene rings is 2. The van der Waals surface area contributed by atoms with Crippen LogP contribution in [0.15, 0.2) is 78.1 Å². The van der Waals surface area contributed by atoms with E-state index in [0.29, 0.717) is 18.7 Å². The molecule has 0 atom stereocenters. The molecular formula is C25H26N6O2. The van der Waals surface area contributed by atoms with Gasteiger partial charge in [0.05, 0.1) is 12.0 Å². The molecule has 0 spiro atoms. The van der Waals surface area contributed by atoms with Gasteiger partial charge in [-0.05, 0) is 42.7 Å². The lowest BCUT2D eigenvalue weighted by molar-refractivity contribution is 0.0710. The third kappa shape index (κ3) is 4.24. The molecule has 1 aliphatic rings. The van der Waals surface area contributed by atoms with Gasteiger partial charge in [0.15, 0.2) is 0 Å². The molecule has 1 aliphatic heterocycles. The highest BCUT2D eigenvalue weighted by Gasteiger charge is 2.29. The van der Waals surface area contributed by atoms with Gasteiger partial charge in [-0.25, -0.2) is 19.0 Å². The zero-order valence-electron chi connectivity index (χ0n) is 18.5. The molecule has 8 nitrogen and oxygen atoms in total. The number of imidazole rings is 1. The van der Waals surface area contributed by atoms with E-state index >= 15 is 0 Å². The van der Waals surface area contributed by atoms with Crippen molar-refractivity contribution >= 4 is 5.91 Å². The van der Waals surface area contributed by atoms with Crippen molar-refractivity contribution in [3.8, 4) is 5.69 Å². The number of hydrogen-bond acceptors (Lipinski definition) is 4. The van der Waals surface area contributed by atoms with Gasteiger partial charge in [0, 0.05) is 50.6 Å². The molecule has 0 aliphatic carbocycles. The number of hydrogen-bond donors (Lipinski definition) is 0. The second-order valence-corrected chi connectivity index (χ2v) is 8.43. The van der Waals surface area contributed by atoms with Crippen molar-refractivity contribution in [1.29, 1.82) is 0 Å². The van der Waals surface area contributed by atoms with E-state index in [2.05, 4.69) is 10.1 Å². The highest BCUT2D eigenvalue weighted by Crippen LogP contribution is 2.28. The lowest BCUT2D eigenvalue weighted by Crippen LogP contribution is -2.38. The van der Waals surface area contributed by atoms with Crippen LogP contribution in [0.25, 0.3) is 5.69 Å². The van der Waals surface area contributed by atoms with Crippen LogP contribution in [-0.2, 0) is 13.6 Å².